The molecule has 0 aliphatic heterocycles. The van der Waals surface area contributed by atoms with Crippen LogP contribution in [0.1, 0.15) is 21.9 Å². The molecule has 1 N–H and O–H groups in total. The number of nitrogens with one attached hydrogen (secondary N) is 1. The van der Waals surface area contributed by atoms with Crippen molar-refractivity contribution in [3.63, 3.8) is 0 Å². The number of benzene rings is 1. The third-order valence-corrected chi connectivity index (χ3v) is 3.28. The lowest BCUT2D eigenvalue weighted by Crippen LogP contribution is -2.31. The molecule has 0 saturated heterocycles. The molecule has 106 valence electrons. The summed E-state index contributed by atoms with van der Waals surface area (Å²) in [4.78, 5) is 16.7. The van der Waals surface area contributed by atoms with Crippen molar-refractivity contribution in [2.45, 2.75) is 13.8 Å². The average Bonchev–Trinajstić information content (AvgIpc) is 2.76. The Morgan fingerprint density at radius 3 is 2.67 bits per heavy atom. The van der Waals surface area contributed by atoms with Gasteiger partial charge in [-0.1, -0.05) is 18.2 Å². The molecule has 0 saturated carbocycles. The molecule has 0 bridgehead atoms. The molecule has 3 aromatic rings. The highest BCUT2D eigenvalue weighted by Crippen LogP contribution is 2.07. The molecule has 0 unspecified atom stereocenters. The van der Waals surface area contributed by atoms with Gasteiger partial charge in [0.15, 0.2) is 5.82 Å². The lowest BCUT2D eigenvalue weighted by Gasteiger charge is -2.00. The fourth-order valence-electron chi connectivity index (χ4n) is 2.34. The van der Waals surface area contributed by atoms with Crippen molar-refractivity contribution >= 4 is 17.5 Å². The smallest absolute Gasteiger partial charge is 0.258 e. The molecule has 1 aromatic carbocycles. The molecule has 2 aromatic heterocycles. The Morgan fingerprint density at radius 2 is 1.95 bits per heavy atom. The summed E-state index contributed by atoms with van der Waals surface area (Å²) in [5.74, 6) is 1.05. The highest BCUT2D eigenvalue weighted by molar-refractivity contribution is 6.02. The van der Waals surface area contributed by atoms with Crippen molar-refractivity contribution in [2.24, 2.45) is 7.05 Å². The maximum atomic E-state index is 12.3. The zero-order chi connectivity index (χ0) is 15.0. The summed E-state index contributed by atoms with van der Waals surface area (Å²) in [6, 6.07) is 11.0. The van der Waals surface area contributed by atoms with Crippen LogP contribution in [0.5, 0.6) is 0 Å². The molecule has 0 radical (unpaired) electrons. The van der Waals surface area contributed by atoms with Gasteiger partial charge >= 0.3 is 5.95 Å². The van der Waals surface area contributed by atoms with E-state index in [0.29, 0.717) is 11.5 Å². The van der Waals surface area contributed by atoms with Gasteiger partial charge in [0, 0.05) is 18.6 Å². The summed E-state index contributed by atoms with van der Waals surface area (Å²) < 4.78 is 3.55. The fraction of sp³-hybridized carbons (Fsp3) is 0.200. The second kappa shape index (κ2) is 4.97. The minimum absolute atomic E-state index is 0.192. The Balaban J connectivity index is 2.04. The predicted octanol–water partition coefficient (Wildman–Crippen LogP) is 1.42. The van der Waals surface area contributed by atoms with Crippen LogP contribution in [0.3, 0.4) is 0 Å². The number of carbonyl (C=O) groups is 1. The molecule has 2 heterocycles. The van der Waals surface area contributed by atoms with Crippen molar-refractivity contribution in [3.05, 3.63) is 53.5 Å². The van der Waals surface area contributed by atoms with E-state index in [1.807, 2.05) is 49.6 Å². The second-order valence-corrected chi connectivity index (χ2v) is 4.91. The quantitative estimate of drug-likeness (QED) is 0.723. The third-order valence-electron chi connectivity index (χ3n) is 3.28. The van der Waals surface area contributed by atoms with Gasteiger partial charge in [-0.2, -0.15) is 14.1 Å². The number of amides is 1. The molecule has 0 aliphatic carbocycles. The monoisotopic (exact) mass is 282 g/mol. The molecule has 21 heavy (non-hydrogen) atoms. The van der Waals surface area contributed by atoms with Gasteiger partial charge in [0.25, 0.3) is 5.91 Å². The van der Waals surface area contributed by atoms with Crippen molar-refractivity contribution in [1.29, 1.82) is 0 Å². The van der Waals surface area contributed by atoms with Crippen molar-refractivity contribution in [3.8, 4) is 0 Å². The first-order valence-corrected chi connectivity index (χ1v) is 6.65. The summed E-state index contributed by atoms with van der Waals surface area (Å²) in [5.41, 5.74) is 2.38. The summed E-state index contributed by atoms with van der Waals surface area (Å²) >= 11 is 0. The molecule has 0 atom stereocenters. The van der Waals surface area contributed by atoms with Crippen LogP contribution in [0.15, 0.2) is 36.4 Å². The lowest BCUT2D eigenvalue weighted by atomic mass is 10.2. The van der Waals surface area contributed by atoms with Gasteiger partial charge in [0.2, 0.25) is 5.65 Å². The predicted molar refractivity (Wildman–Crippen MR) is 78.0 cm³/mol. The summed E-state index contributed by atoms with van der Waals surface area (Å²) in [6.45, 7) is 3.82. The standard InChI is InChI=1S/C15H15N5O/c1-10-9-13-19(3)18-15(20(13)11(2)16-10)17-14(21)12-7-5-4-6-8-12/h4-9H,1-3H3/p+1. The van der Waals surface area contributed by atoms with Gasteiger partial charge in [-0.15, -0.1) is 0 Å². The summed E-state index contributed by atoms with van der Waals surface area (Å²) in [6.07, 6.45) is 0. The van der Waals surface area contributed by atoms with E-state index in [9.17, 15) is 4.79 Å². The van der Waals surface area contributed by atoms with Gasteiger partial charge in [-0.3, -0.25) is 4.79 Å². The number of fused-ring (bicyclic) bond motifs is 1. The van der Waals surface area contributed by atoms with E-state index in [1.54, 1.807) is 16.8 Å². The maximum Gasteiger partial charge on any atom is 0.360 e. The average molecular weight is 282 g/mol. The van der Waals surface area contributed by atoms with Crippen LogP contribution in [0.25, 0.3) is 5.65 Å². The normalized spacial score (nSPS) is 10.8. The van der Waals surface area contributed by atoms with Crippen LogP contribution >= 0.6 is 0 Å². The molecular weight excluding hydrogens is 266 g/mol. The Bertz CT molecular complexity index is 823. The minimum Gasteiger partial charge on any atom is -0.258 e. The first kappa shape index (κ1) is 13.2. The van der Waals surface area contributed by atoms with E-state index in [0.717, 1.165) is 17.2 Å². The molecule has 6 heteroatoms. The number of hydrogen-bond donors (Lipinski definition) is 1. The Kier molecular flexibility index (Phi) is 3.13. The number of aromatic nitrogens is 4. The maximum absolute atomic E-state index is 12.3. The number of aryl methyl sites for hydroxylation is 3. The summed E-state index contributed by atoms with van der Waals surface area (Å²) in [7, 11) is 1.84. The van der Waals surface area contributed by atoms with Gasteiger partial charge in [0.1, 0.15) is 0 Å². The van der Waals surface area contributed by atoms with Crippen LogP contribution in [-0.2, 0) is 7.05 Å². The highest BCUT2D eigenvalue weighted by atomic mass is 16.1. The van der Waals surface area contributed by atoms with Gasteiger partial charge < -0.3 is 0 Å². The zero-order valence-electron chi connectivity index (χ0n) is 12.2. The number of anilines is 1. The lowest BCUT2D eigenvalue weighted by molar-refractivity contribution is -0.508. The molecule has 0 aliphatic rings. The zero-order valence-corrected chi connectivity index (χ0v) is 12.2. The highest BCUT2D eigenvalue weighted by Gasteiger charge is 2.21. The van der Waals surface area contributed by atoms with Gasteiger partial charge in [0.05, 0.1) is 12.7 Å². The number of carbonyl (C=O) groups excluding carboxylic acids is 1. The molecule has 3 rings (SSSR count). The first-order chi connectivity index (χ1) is 10.1. The van der Waals surface area contributed by atoms with E-state index in [2.05, 4.69) is 15.4 Å². The summed E-state index contributed by atoms with van der Waals surface area (Å²) in [5, 5.41) is 7.20. The SMILES string of the molecule is Cc1cc2n(C)nc(NC(=O)c3ccccc3)[n+]2c(C)n1. The number of rotatable bonds is 2. The van der Waals surface area contributed by atoms with Crippen molar-refractivity contribution in [2.75, 3.05) is 5.32 Å². The van der Waals surface area contributed by atoms with E-state index in [4.69, 9.17) is 0 Å². The topological polar surface area (TPSA) is 63.9 Å². The number of hydrogen-bond acceptors (Lipinski definition) is 3. The fourth-order valence-corrected chi connectivity index (χ4v) is 2.34. The largest absolute Gasteiger partial charge is 0.360 e. The van der Waals surface area contributed by atoms with E-state index in [-0.39, 0.29) is 5.91 Å². The van der Waals surface area contributed by atoms with E-state index in [1.165, 1.54) is 0 Å². The molecule has 0 spiro atoms. The molecule has 6 nitrogen and oxygen atoms in total. The van der Waals surface area contributed by atoms with Crippen LogP contribution < -0.4 is 9.72 Å². The van der Waals surface area contributed by atoms with E-state index < -0.39 is 0 Å². The van der Waals surface area contributed by atoms with Gasteiger partial charge in [-0.25, -0.2) is 5.32 Å². The van der Waals surface area contributed by atoms with E-state index >= 15 is 0 Å². The second-order valence-electron chi connectivity index (χ2n) is 4.91. The Morgan fingerprint density at radius 1 is 1.24 bits per heavy atom. The van der Waals surface area contributed by atoms with Crippen molar-refractivity contribution in [1.82, 2.24) is 14.8 Å². The Hall–Kier alpha value is -2.76. The van der Waals surface area contributed by atoms with Crippen LogP contribution in [-0.4, -0.2) is 20.7 Å². The Labute approximate surface area is 122 Å². The third kappa shape index (κ3) is 2.35. The minimum atomic E-state index is -0.192. The van der Waals surface area contributed by atoms with Crippen molar-refractivity contribution < 1.29 is 9.20 Å². The molecule has 1 amide bonds. The van der Waals surface area contributed by atoms with Crippen LogP contribution in [0.4, 0.5) is 5.95 Å². The molecule has 0 fully saturated rings. The molecular formula is C15H16N5O+. The first-order valence-electron chi connectivity index (χ1n) is 6.65. The van der Waals surface area contributed by atoms with Crippen LogP contribution in [0, 0.1) is 13.8 Å². The number of nitrogens with zero attached hydrogens (tertiary/aromatic N) is 4. The van der Waals surface area contributed by atoms with Gasteiger partial charge in [-0.05, 0) is 24.2 Å². The van der Waals surface area contributed by atoms with Crippen LogP contribution in [0.2, 0.25) is 0 Å².